The van der Waals surface area contributed by atoms with Crippen LogP contribution in [0, 0.1) is 13.8 Å². The first-order chi connectivity index (χ1) is 20.1. The molecule has 0 aromatic heterocycles. The summed E-state index contributed by atoms with van der Waals surface area (Å²) in [5.41, 5.74) is 3.01. The molecule has 0 aliphatic heterocycles. The molecule has 43 heavy (non-hydrogen) atoms. The van der Waals surface area contributed by atoms with Gasteiger partial charge in [-0.3, -0.25) is 9.59 Å². The summed E-state index contributed by atoms with van der Waals surface area (Å²) in [7, 11) is 0.345. The van der Waals surface area contributed by atoms with Crippen LogP contribution < -0.4 is 14.4 Å². The molecule has 3 aromatic rings. The highest BCUT2D eigenvalue weighted by atomic mass is 32.2. The molecule has 1 unspecified atom stereocenters. The first-order valence-corrected chi connectivity index (χ1v) is 15.6. The van der Waals surface area contributed by atoms with Gasteiger partial charge in [-0.1, -0.05) is 54.6 Å². The van der Waals surface area contributed by atoms with E-state index in [4.69, 9.17) is 4.74 Å². The van der Waals surface area contributed by atoms with Crippen molar-refractivity contribution in [3.63, 3.8) is 0 Å². The molecule has 9 nitrogen and oxygen atoms in total. The molecule has 3 rings (SSSR count). The van der Waals surface area contributed by atoms with Gasteiger partial charge in [0.2, 0.25) is 11.8 Å². The number of anilines is 1. The number of carbonyl (C=O) groups is 2. The maximum atomic E-state index is 14.4. The fourth-order valence-corrected chi connectivity index (χ4v) is 5.78. The lowest BCUT2D eigenvalue weighted by atomic mass is 10.0. The van der Waals surface area contributed by atoms with Gasteiger partial charge in [0, 0.05) is 32.6 Å². The molecule has 0 radical (unpaired) electrons. The quantitative estimate of drug-likeness (QED) is 0.327. The summed E-state index contributed by atoms with van der Waals surface area (Å²) in [5.74, 6) is -0.239. The highest BCUT2D eigenvalue weighted by molar-refractivity contribution is 7.90. The number of aryl methyl sites for hydroxylation is 2. The first kappa shape index (κ1) is 33.6. The Balaban J connectivity index is 2.16. The molecule has 1 N–H and O–H groups in total. The Morgan fingerprint density at radius 1 is 0.907 bits per heavy atom. The molecule has 0 aliphatic carbocycles. The Kier molecular flexibility index (Phi) is 11.0. The van der Waals surface area contributed by atoms with Crippen molar-refractivity contribution < 1.29 is 22.7 Å². The maximum Gasteiger partial charge on any atom is 0.304 e. The van der Waals surface area contributed by atoms with Gasteiger partial charge in [-0.2, -0.15) is 12.7 Å². The Labute approximate surface area is 256 Å². The van der Waals surface area contributed by atoms with E-state index in [0.29, 0.717) is 17.0 Å². The van der Waals surface area contributed by atoms with Crippen molar-refractivity contribution in [3.8, 4) is 5.75 Å². The average Bonchev–Trinajstić information content (AvgIpc) is 2.94. The minimum absolute atomic E-state index is 0.0632. The summed E-state index contributed by atoms with van der Waals surface area (Å²) in [6, 6.07) is 21.3. The highest BCUT2D eigenvalue weighted by Gasteiger charge is 2.36. The molecule has 0 spiro atoms. The number of amides is 2. The topological polar surface area (TPSA) is 99.3 Å². The lowest BCUT2D eigenvalue weighted by Gasteiger charge is -2.36. The second kappa shape index (κ2) is 14.1. The minimum Gasteiger partial charge on any atom is -0.497 e. The van der Waals surface area contributed by atoms with E-state index in [1.54, 1.807) is 32.2 Å². The van der Waals surface area contributed by atoms with E-state index in [0.717, 1.165) is 25.3 Å². The molecule has 0 aliphatic rings. The third kappa shape index (κ3) is 9.05. The average molecular weight is 609 g/mol. The van der Waals surface area contributed by atoms with Gasteiger partial charge in [0.25, 0.3) is 0 Å². The number of ether oxygens (including phenoxy) is 1. The van der Waals surface area contributed by atoms with Crippen molar-refractivity contribution >= 4 is 27.7 Å². The van der Waals surface area contributed by atoms with E-state index >= 15 is 0 Å². The van der Waals surface area contributed by atoms with E-state index < -0.39 is 34.2 Å². The lowest BCUT2D eigenvalue weighted by Crippen LogP contribution is -2.56. The molecule has 232 valence electrons. The summed E-state index contributed by atoms with van der Waals surface area (Å²) >= 11 is 0. The van der Waals surface area contributed by atoms with Crippen LogP contribution in [0.15, 0.2) is 72.8 Å². The van der Waals surface area contributed by atoms with Crippen molar-refractivity contribution in [1.29, 1.82) is 0 Å². The monoisotopic (exact) mass is 608 g/mol. The smallest absolute Gasteiger partial charge is 0.304 e. The molecule has 3 aromatic carbocycles. The van der Waals surface area contributed by atoms with Crippen molar-refractivity contribution in [1.82, 2.24) is 14.5 Å². The van der Waals surface area contributed by atoms with E-state index in [-0.39, 0.29) is 18.9 Å². The van der Waals surface area contributed by atoms with Crippen LogP contribution in [-0.2, 0) is 32.8 Å². The first-order valence-electron chi connectivity index (χ1n) is 14.2. The molecule has 0 heterocycles. The van der Waals surface area contributed by atoms with Crippen LogP contribution in [0.25, 0.3) is 0 Å². The molecule has 0 fully saturated rings. The van der Waals surface area contributed by atoms with Crippen LogP contribution >= 0.6 is 0 Å². The second-order valence-corrected chi connectivity index (χ2v) is 14.0. The standard InChI is InChI=1S/C33H44N4O5S/c1-24-17-18-25(2)29(19-24)37(43(40,41)35(6)7)23-31(38)36(22-27-15-12-16-28(20-27)42-8)30(32(39)34-33(3,4)5)21-26-13-10-9-11-14-26/h9-20,30H,21-23H2,1-8H3,(H,34,39). The molecular weight excluding hydrogens is 564 g/mol. The number of hydrogen-bond donors (Lipinski definition) is 1. The molecule has 0 bridgehead atoms. The molecule has 0 saturated carbocycles. The second-order valence-electron chi connectivity index (χ2n) is 11.9. The molecule has 0 saturated heterocycles. The third-order valence-corrected chi connectivity index (χ3v) is 8.71. The minimum atomic E-state index is -4.08. The van der Waals surface area contributed by atoms with Gasteiger partial charge >= 0.3 is 10.2 Å². The van der Waals surface area contributed by atoms with Crippen molar-refractivity contribution in [2.24, 2.45) is 0 Å². The third-order valence-electron chi connectivity index (χ3n) is 6.91. The lowest BCUT2D eigenvalue weighted by molar-refractivity contribution is -0.140. The van der Waals surface area contributed by atoms with Gasteiger partial charge < -0.3 is 15.0 Å². The Bertz CT molecular complexity index is 1520. The maximum absolute atomic E-state index is 14.4. The predicted molar refractivity (Wildman–Crippen MR) is 171 cm³/mol. The highest BCUT2D eigenvalue weighted by Crippen LogP contribution is 2.27. The van der Waals surface area contributed by atoms with Crippen LogP contribution in [0.2, 0.25) is 0 Å². The fourth-order valence-electron chi connectivity index (χ4n) is 4.66. The predicted octanol–water partition coefficient (Wildman–Crippen LogP) is 4.48. The number of methoxy groups -OCH3 is 1. The van der Waals surface area contributed by atoms with Crippen molar-refractivity contribution in [2.75, 3.05) is 32.1 Å². The van der Waals surface area contributed by atoms with Gasteiger partial charge in [0.05, 0.1) is 12.8 Å². The number of benzene rings is 3. The zero-order chi connectivity index (χ0) is 31.9. The number of rotatable bonds is 12. The van der Waals surface area contributed by atoms with Crippen LogP contribution in [0.4, 0.5) is 5.69 Å². The van der Waals surface area contributed by atoms with Gasteiger partial charge in [0.15, 0.2) is 0 Å². The number of carbonyl (C=O) groups excluding carboxylic acids is 2. The van der Waals surface area contributed by atoms with Crippen LogP contribution in [0.1, 0.15) is 43.0 Å². The molecule has 2 amide bonds. The Morgan fingerprint density at radius 3 is 2.16 bits per heavy atom. The van der Waals surface area contributed by atoms with Crippen LogP contribution in [-0.4, -0.2) is 68.8 Å². The van der Waals surface area contributed by atoms with E-state index in [1.165, 1.54) is 19.0 Å². The Hall–Kier alpha value is -3.89. The fraction of sp³-hybridized carbons (Fsp3) is 0.394. The molecule has 1 atom stereocenters. The van der Waals surface area contributed by atoms with Gasteiger partial charge in [-0.25, -0.2) is 4.31 Å². The zero-order valence-corrected chi connectivity index (χ0v) is 27.2. The van der Waals surface area contributed by atoms with E-state index in [1.807, 2.05) is 82.3 Å². The number of nitrogens with one attached hydrogen (secondary N) is 1. The largest absolute Gasteiger partial charge is 0.497 e. The zero-order valence-electron chi connectivity index (χ0n) is 26.4. The van der Waals surface area contributed by atoms with Gasteiger partial charge in [0.1, 0.15) is 18.3 Å². The van der Waals surface area contributed by atoms with Crippen LogP contribution in [0.5, 0.6) is 5.75 Å². The summed E-state index contributed by atoms with van der Waals surface area (Å²) in [5, 5.41) is 3.04. The van der Waals surface area contributed by atoms with Gasteiger partial charge in [-0.05, 0) is 75.1 Å². The molecule has 10 heteroatoms. The summed E-state index contributed by atoms with van der Waals surface area (Å²) in [6.07, 6.45) is 0.238. The normalized spacial score (nSPS) is 12.5. The van der Waals surface area contributed by atoms with Crippen molar-refractivity contribution in [3.05, 3.63) is 95.1 Å². The summed E-state index contributed by atoms with van der Waals surface area (Å²) in [6.45, 7) is 8.88. The Morgan fingerprint density at radius 2 is 1.56 bits per heavy atom. The SMILES string of the molecule is COc1cccc(CN(C(=O)CN(c2cc(C)ccc2C)S(=O)(=O)N(C)C)C(Cc2ccccc2)C(=O)NC(C)(C)C)c1. The van der Waals surface area contributed by atoms with E-state index in [2.05, 4.69) is 5.32 Å². The van der Waals surface area contributed by atoms with Crippen LogP contribution in [0.3, 0.4) is 0 Å². The van der Waals surface area contributed by atoms with Gasteiger partial charge in [-0.15, -0.1) is 0 Å². The number of hydrogen-bond acceptors (Lipinski definition) is 5. The van der Waals surface area contributed by atoms with E-state index in [9.17, 15) is 18.0 Å². The molecular formula is C33H44N4O5S. The summed E-state index contributed by atoms with van der Waals surface area (Å²) in [4.78, 5) is 29.8. The number of nitrogens with zero attached hydrogens (tertiary/aromatic N) is 3. The summed E-state index contributed by atoms with van der Waals surface area (Å²) < 4.78 is 34.9. The van der Waals surface area contributed by atoms with Crippen molar-refractivity contribution in [2.45, 2.75) is 59.2 Å².